The highest BCUT2D eigenvalue weighted by atomic mass is 15.0. The van der Waals surface area contributed by atoms with Crippen LogP contribution in [0.5, 0.6) is 0 Å². The van der Waals surface area contributed by atoms with E-state index in [1.807, 2.05) is 18.2 Å². The van der Waals surface area contributed by atoms with Crippen molar-refractivity contribution in [2.24, 2.45) is 11.1 Å². The molecule has 0 amide bonds. The first-order valence-corrected chi connectivity index (χ1v) is 16.5. The molecule has 0 saturated carbocycles. The molecule has 1 aromatic heterocycles. The van der Waals surface area contributed by atoms with Gasteiger partial charge in [0.15, 0.2) is 0 Å². The minimum absolute atomic E-state index is 0.241. The highest BCUT2D eigenvalue weighted by molar-refractivity contribution is 6.04. The van der Waals surface area contributed by atoms with Gasteiger partial charge in [-0.15, -0.1) is 0 Å². The molecule has 0 fully saturated rings. The summed E-state index contributed by atoms with van der Waals surface area (Å²) in [4.78, 5) is 0. The van der Waals surface area contributed by atoms with E-state index in [-0.39, 0.29) is 5.41 Å². The second kappa shape index (κ2) is 13.0. The summed E-state index contributed by atoms with van der Waals surface area (Å²) in [6, 6.07) is 38.8. The van der Waals surface area contributed by atoms with Gasteiger partial charge in [0, 0.05) is 27.7 Å². The predicted octanol–water partition coefficient (Wildman–Crippen LogP) is 11.5. The fraction of sp³-hybridized carbons (Fsp3) is 0.111. The van der Waals surface area contributed by atoms with Crippen LogP contribution in [0.4, 0.5) is 0 Å². The highest BCUT2D eigenvalue weighted by Gasteiger charge is 2.25. The lowest BCUT2D eigenvalue weighted by Gasteiger charge is -2.27. The van der Waals surface area contributed by atoms with Gasteiger partial charge < -0.3 is 10.3 Å². The zero-order valence-electron chi connectivity index (χ0n) is 26.9. The lowest BCUT2D eigenvalue weighted by molar-refractivity contribution is 0.511. The molecule has 2 nitrogen and oxygen atoms in total. The number of hydrogen-bond donors (Lipinski definition) is 1. The third-order valence-electron chi connectivity index (χ3n) is 9.36. The molecule has 0 aliphatic heterocycles. The van der Waals surface area contributed by atoms with Crippen molar-refractivity contribution in [3.8, 4) is 16.9 Å². The molecule has 1 atom stereocenters. The van der Waals surface area contributed by atoms with Crippen LogP contribution >= 0.6 is 0 Å². The summed E-state index contributed by atoms with van der Waals surface area (Å²) in [6.07, 6.45) is 22.8. The Balaban J connectivity index is 1.37. The minimum Gasteiger partial charge on any atom is -0.401 e. The Morgan fingerprint density at radius 1 is 0.766 bits per heavy atom. The molecule has 1 heterocycles. The van der Waals surface area contributed by atoms with E-state index in [2.05, 4.69) is 164 Å². The van der Waals surface area contributed by atoms with Gasteiger partial charge in [0.05, 0.1) is 11.2 Å². The largest absolute Gasteiger partial charge is 0.401 e. The van der Waals surface area contributed by atoms with Gasteiger partial charge in [0.2, 0.25) is 0 Å². The number of para-hydroxylation sites is 1. The maximum absolute atomic E-state index is 6.87. The van der Waals surface area contributed by atoms with E-state index < -0.39 is 0 Å². The lowest BCUT2D eigenvalue weighted by atomic mass is 9.79. The van der Waals surface area contributed by atoms with Gasteiger partial charge in [-0.1, -0.05) is 147 Å². The topological polar surface area (TPSA) is 30.9 Å². The molecule has 0 bridgehead atoms. The van der Waals surface area contributed by atoms with Crippen LogP contribution in [0.15, 0.2) is 176 Å². The number of fused-ring (bicyclic) bond motifs is 1. The maximum Gasteiger partial charge on any atom is 0.0619 e. The van der Waals surface area contributed by atoms with Crippen molar-refractivity contribution in [2.75, 3.05) is 0 Å². The molecule has 2 heteroatoms. The van der Waals surface area contributed by atoms with Crippen molar-refractivity contribution in [3.05, 3.63) is 193 Å². The van der Waals surface area contributed by atoms with Crippen LogP contribution in [0.1, 0.15) is 42.9 Å². The number of allylic oxidation sites excluding steroid dienone is 12. The molecule has 0 radical (unpaired) electrons. The van der Waals surface area contributed by atoms with Crippen LogP contribution in [-0.4, -0.2) is 4.57 Å². The van der Waals surface area contributed by atoms with Gasteiger partial charge in [0.25, 0.3) is 0 Å². The van der Waals surface area contributed by atoms with E-state index in [1.54, 1.807) is 0 Å². The Bertz CT molecular complexity index is 2110. The van der Waals surface area contributed by atoms with Crippen molar-refractivity contribution in [1.82, 2.24) is 4.57 Å². The Morgan fingerprint density at radius 2 is 1.49 bits per heavy atom. The molecule has 4 aromatic carbocycles. The highest BCUT2D eigenvalue weighted by Crippen LogP contribution is 2.42. The van der Waals surface area contributed by atoms with Crippen LogP contribution in [-0.2, 0) is 0 Å². The van der Waals surface area contributed by atoms with Crippen molar-refractivity contribution in [1.29, 1.82) is 0 Å². The number of benzene rings is 4. The molecule has 0 saturated heterocycles. The minimum atomic E-state index is -0.241. The van der Waals surface area contributed by atoms with E-state index in [0.717, 1.165) is 52.9 Å². The summed E-state index contributed by atoms with van der Waals surface area (Å²) in [5.74, 6) is 0. The molecule has 1 unspecified atom stereocenters. The average Bonchev–Trinajstić information content (AvgIpc) is 3.48. The fourth-order valence-corrected chi connectivity index (χ4v) is 6.68. The molecule has 2 aliphatic rings. The normalized spacial score (nSPS) is 18.0. The molecule has 7 rings (SSSR count). The average molecular weight is 609 g/mol. The summed E-state index contributed by atoms with van der Waals surface area (Å²) < 4.78 is 2.42. The maximum atomic E-state index is 6.87. The first-order chi connectivity index (χ1) is 23.0. The monoisotopic (exact) mass is 608 g/mol. The summed E-state index contributed by atoms with van der Waals surface area (Å²) >= 11 is 0. The first kappa shape index (κ1) is 30.1. The summed E-state index contributed by atoms with van der Waals surface area (Å²) in [6.45, 7) is 6.63. The standard InChI is InChI=1S/C45H40N2/c1-33(34-17-7-3-8-18-34)31-38(32-42(46)45(2)29-15-6-16-30-45)35-25-27-39(28-26-35)47-41-24-14-13-23-40(41)43(36-19-9-4-10-20-36)44(47)37-21-11-5-12-22-37/h3,5-9,11-29,31-32H,1,4,10,30,46H2,2H3/b38-31+,42-32-. The van der Waals surface area contributed by atoms with E-state index in [0.29, 0.717) is 0 Å². The lowest BCUT2D eigenvalue weighted by Crippen LogP contribution is -2.23. The van der Waals surface area contributed by atoms with Gasteiger partial charge in [-0.25, -0.2) is 0 Å². The second-order valence-corrected chi connectivity index (χ2v) is 12.6. The molecule has 0 spiro atoms. The molecule has 2 N–H and O–H groups in total. The first-order valence-electron chi connectivity index (χ1n) is 16.5. The number of nitrogens with two attached hydrogens (primary N) is 1. The SMILES string of the molecule is C=C(/C=C(\C=C(/N)C1(C)C=CC=CC1)c1ccc(-n2c(-c3ccccc3)c(C3=CCCC=C3)c3ccccc32)cc1)c1ccccc1. The molecule has 47 heavy (non-hydrogen) atoms. The van der Waals surface area contributed by atoms with Gasteiger partial charge in [-0.05, 0) is 83.0 Å². The smallest absolute Gasteiger partial charge is 0.0619 e. The van der Waals surface area contributed by atoms with Gasteiger partial charge in [-0.3, -0.25) is 0 Å². The van der Waals surface area contributed by atoms with Crippen molar-refractivity contribution >= 4 is 27.6 Å². The van der Waals surface area contributed by atoms with Gasteiger partial charge in [0.1, 0.15) is 0 Å². The summed E-state index contributed by atoms with van der Waals surface area (Å²) in [7, 11) is 0. The van der Waals surface area contributed by atoms with Crippen molar-refractivity contribution in [3.63, 3.8) is 0 Å². The predicted molar refractivity (Wildman–Crippen MR) is 202 cm³/mol. The zero-order valence-corrected chi connectivity index (χ0v) is 26.9. The Hall–Kier alpha value is -5.60. The van der Waals surface area contributed by atoms with E-state index in [9.17, 15) is 0 Å². The fourth-order valence-electron chi connectivity index (χ4n) is 6.68. The van der Waals surface area contributed by atoms with E-state index in [4.69, 9.17) is 5.73 Å². The quantitative estimate of drug-likeness (QED) is 0.175. The molecular formula is C45H40N2. The van der Waals surface area contributed by atoms with Crippen LogP contribution in [0.25, 0.3) is 44.6 Å². The summed E-state index contributed by atoms with van der Waals surface area (Å²) in [5, 5.41) is 1.26. The molecule has 2 aliphatic carbocycles. The molecule has 230 valence electrons. The second-order valence-electron chi connectivity index (χ2n) is 12.6. The zero-order chi connectivity index (χ0) is 32.2. The van der Waals surface area contributed by atoms with Crippen LogP contribution in [0.3, 0.4) is 0 Å². The van der Waals surface area contributed by atoms with Crippen LogP contribution in [0, 0.1) is 5.41 Å². The van der Waals surface area contributed by atoms with Crippen LogP contribution < -0.4 is 5.73 Å². The molecule has 5 aromatic rings. The number of nitrogens with zero attached hydrogens (tertiary/aromatic N) is 1. The third kappa shape index (κ3) is 6.03. The van der Waals surface area contributed by atoms with Gasteiger partial charge >= 0.3 is 0 Å². The van der Waals surface area contributed by atoms with Crippen molar-refractivity contribution < 1.29 is 0 Å². The number of hydrogen-bond acceptors (Lipinski definition) is 1. The third-order valence-corrected chi connectivity index (χ3v) is 9.36. The van der Waals surface area contributed by atoms with Crippen LogP contribution in [0.2, 0.25) is 0 Å². The van der Waals surface area contributed by atoms with Crippen molar-refractivity contribution in [2.45, 2.75) is 26.2 Å². The summed E-state index contributed by atoms with van der Waals surface area (Å²) in [5.41, 5.74) is 18.9. The van der Waals surface area contributed by atoms with E-state index in [1.165, 1.54) is 33.3 Å². The number of rotatable bonds is 8. The Morgan fingerprint density at radius 3 is 2.19 bits per heavy atom. The number of aromatic nitrogens is 1. The van der Waals surface area contributed by atoms with Gasteiger partial charge in [-0.2, -0.15) is 0 Å². The Kier molecular flexibility index (Phi) is 8.33. The Labute approximate surface area is 278 Å². The molecular weight excluding hydrogens is 569 g/mol. The van der Waals surface area contributed by atoms with E-state index >= 15 is 0 Å².